The molecule has 0 aliphatic carbocycles. The van der Waals surface area contributed by atoms with Crippen LogP contribution in [0.1, 0.15) is 35.3 Å². The second-order valence-corrected chi connectivity index (χ2v) is 7.23. The van der Waals surface area contributed by atoms with E-state index >= 15 is 0 Å². The lowest BCUT2D eigenvalue weighted by Gasteiger charge is -2.23. The molecule has 0 spiro atoms. The predicted octanol–water partition coefficient (Wildman–Crippen LogP) is 2.59. The van der Waals surface area contributed by atoms with Crippen molar-refractivity contribution in [2.45, 2.75) is 33.7 Å². The normalized spacial score (nSPS) is 17.9. The third-order valence-electron chi connectivity index (χ3n) is 3.88. The van der Waals surface area contributed by atoms with Gasteiger partial charge in [-0.1, -0.05) is 19.9 Å². The Morgan fingerprint density at radius 2 is 2.05 bits per heavy atom. The van der Waals surface area contributed by atoms with Gasteiger partial charge in [-0.3, -0.25) is 9.59 Å². The number of aryl methyl sites for hydroxylation is 2. The molecule has 22 heavy (non-hydrogen) atoms. The maximum absolute atomic E-state index is 12.7. The molecule has 2 amide bonds. The van der Waals surface area contributed by atoms with E-state index in [1.165, 1.54) is 5.56 Å². The first-order valence-electron chi connectivity index (χ1n) is 7.64. The summed E-state index contributed by atoms with van der Waals surface area (Å²) in [5.41, 5.74) is 2.92. The highest BCUT2D eigenvalue weighted by Gasteiger charge is 2.35. The summed E-state index contributed by atoms with van der Waals surface area (Å²) < 4.78 is 0. The minimum Gasteiger partial charge on any atom is -0.354 e. The highest BCUT2D eigenvalue weighted by Crippen LogP contribution is 2.24. The van der Waals surface area contributed by atoms with Crippen LogP contribution in [0.2, 0.25) is 0 Å². The molecule has 1 aromatic carbocycles. The Morgan fingerprint density at radius 1 is 1.32 bits per heavy atom. The van der Waals surface area contributed by atoms with E-state index < -0.39 is 0 Å². The molecule has 1 unspecified atom stereocenters. The standard InChI is InChI=1S/C17H24N2O2S/c1-11(2)8-18-16(20)15-9-22-10-19(15)17(21)14-6-5-12(3)13(4)7-14/h5-7,11,15H,8-10H2,1-4H3,(H,18,20). The fourth-order valence-electron chi connectivity index (χ4n) is 2.32. The molecule has 1 heterocycles. The molecule has 0 aromatic heterocycles. The number of thioether (sulfide) groups is 1. The number of nitrogens with one attached hydrogen (secondary N) is 1. The summed E-state index contributed by atoms with van der Waals surface area (Å²) in [5, 5.41) is 2.93. The van der Waals surface area contributed by atoms with Gasteiger partial charge < -0.3 is 10.2 Å². The summed E-state index contributed by atoms with van der Waals surface area (Å²) in [6.07, 6.45) is 0. The lowest BCUT2D eigenvalue weighted by molar-refractivity contribution is -0.124. The fourth-order valence-corrected chi connectivity index (χ4v) is 3.48. The Morgan fingerprint density at radius 3 is 2.68 bits per heavy atom. The third-order valence-corrected chi connectivity index (χ3v) is 4.90. The van der Waals surface area contributed by atoms with E-state index in [2.05, 4.69) is 19.2 Å². The largest absolute Gasteiger partial charge is 0.354 e. The molecule has 1 fully saturated rings. The maximum Gasteiger partial charge on any atom is 0.255 e. The van der Waals surface area contributed by atoms with Crippen LogP contribution < -0.4 is 5.32 Å². The molecule has 2 rings (SSSR count). The van der Waals surface area contributed by atoms with Crippen LogP contribution in [-0.4, -0.2) is 40.9 Å². The zero-order valence-corrected chi connectivity index (χ0v) is 14.5. The zero-order valence-electron chi connectivity index (χ0n) is 13.7. The molecule has 1 aliphatic rings. The SMILES string of the molecule is Cc1ccc(C(=O)N2CSCC2C(=O)NCC(C)C)cc1C. The molecule has 0 saturated carbocycles. The van der Waals surface area contributed by atoms with Crippen molar-refractivity contribution in [3.63, 3.8) is 0 Å². The molecule has 5 heteroatoms. The molecule has 1 atom stereocenters. The Hall–Kier alpha value is -1.49. The first-order valence-corrected chi connectivity index (χ1v) is 8.79. The molecule has 1 aliphatic heterocycles. The van der Waals surface area contributed by atoms with Crippen LogP contribution in [0.4, 0.5) is 0 Å². The van der Waals surface area contributed by atoms with Crippen molar-refractivity contribution in [2.24, 2.45) is 5.92 Å². The molecule has 1 N–H and O–H groups in total. The highest BCUT2D eigenvalue weighted by molar-refractivity contribution is 7.99. The summed E-state index contributed by atoms with van der Waals surface area (Å²) in [7, 11) is 0. The Bertz CT molecular complexity index is 572. The van der Waals surface area contributed by atoms with Gasteiger partial charge in [-0.15, -0.1) is 11.8 Å². The Labute approximate surface area is 136 Å². The van der Waals surface area contributed by atoms with Gasteiger partial charge in [0.25, 0.3) is 5.91 Å². The molecular formula is C17H24N2O2S. The monoisotopic (exact) mass is 320 g/mol. The first-order chi connectivity index (χ1) is 10.4. The summed E-state index contributed by atoms with van der Waals surface area (Å²) in [6.45, 7) is 8.78. The highest BCUT2D eigenvalue weighted by atomic mass is 32.2. The molecule has 0 radical (unpaired) electrons. The fraction of sp³-hybridized carbons (Fsp3) is 0.529. The number of benzene rings is 1. The van der Waals surface area contributed by atoms with Crippen molar-refractivity contribution in [3.05, 3.63) is 34.9 Å². The van der Waals surface area contributed by atoms with Crippen LogP contribution in [0.25, 0.3) is 0 Å². The van der Waals surface area contributed by atoms with E-state index in [1.807, 2.05) is 32.0 Å². The second-order valence-electron chi connectivity index (χ2n) is 6.23. The van der Waals surface area contributed by atoms with Crippen LogP contribution in [0, 0.1) is 19.8 Å². The van der Waals surface area contributed by atoms with E-state index in [-0.39, 0.29) is 17.9 Å². The lowest BCUT2D eigenvalue weighted by Crippen LogP contribution is -2.48. The van der Waals surface area contributed by atoms with Crippen LogP contribution in [-0.2, 0) is 4.79 Å². The van der Waals surface area contributed by atoms with Crippen molar-refractivity contribution >= 4 is 23.6 Å². The average molecular weight is 320 g/mol. The number of amides is 2. The van der Waals surface area contributed by atoms with Gasteiger partial charge in [0, 0.05) is 17.9 Å². The molecule has 120 valence electrons. The van der Waals surface area contributed by atoms with Crippen molar-refractivity contribution < 1.29 is 9.59 Å². The molecule has 1 aromatic rings. The van der Waals surface area contributed by atoms with E-state index in [0.29, 0.717) is 29.7 Å². The van der Waals surface area contributed by atoms with Crippen LogP contribution in [0.15, 0.2) is 18.2 Å². The van der Waals surface area contributed by atoms with Gasteiger partial charge in [-0.25, -0.2) is 0 Å². The zero-order chi connectivity index (χ0) is 16.3. The van der Waals surface area contributed by atoms with Crippen LogP contribution >= 0.6 is 11.8 Å². The summed E-state index contributed by atoms with van der Waals surface area (Å²) in [4.78, 5) is 26.7. The first kappa shape index (κ1) is 16.9. The van der Waals surface area contributed by atoms with Crippen molar-refractivity contribution in [3.8, 4) is 0 Å². The number of carbonyl (C=O) groups excluding carboxylic acids is 2. The van der Waals surface area contributed by atoms with E-state index in [4.69, 9.17) is 0 Å². The quantitative estimate of drug-likeness (QED) is 0.928. The Balaban J connectivity index is 2.10. The van der Waals surface area contributed by atoms with Crippen LogP contribution in [0.3, 0.4) is 0 Å². The molecule has 1 saturated heterocycles. The molecule has 0 bridgehead atoms. The van der Waals surface area contributed by atoms with Gasteiger partial charge >= 0.3 is 0 Å². The van der Waals surface area contributed by atoms with Gasteiger partial charge in [0.1, 0.15) is 6.04 Å². The minimum atomic E-state index is -0.363. The predicted molar refractivity (Wildman–Crippen MR) is 91.0 cm³/mol. The summed E-state index contributed by atoms with van der Waals surface area (Å²) in [6, 6.07) is 5.35. The lowest BCUT2D eigenvalue weighted by atomic mass is 10.1. The topological polar surface area (TPSA) is 49.4 Å². The number of nitrogens with zero attached hydrogens (tertiary/aromatic N) is 1. The number of rotatable bonds is 4. The summed E-state index contributed by atoms with van der Waals surface area (Å²) >= 11 is 1.63. The average Bonchev–Trinajstić information content (AvgIpc) is 2.96. The van der Waals surface area contributed by atoms with Crippen LogP contribution in [0.5, 0.6) is 0 Å². The van der Waals surface area contributed by atoms with E-state index in [1.54, 1.807) is 16.7 Å². The van der Waals surface area contributed by atoms with Gasteiger partial charge in [0.15, 0.2) is 0 Å². The van der Waals surface area contributed by atoms with Gasteiger partial charge in [-0.05, 0) is 43.0 Å². The Kier molecular flexibility index (Phi) is 5.51. The second kappa shape index (κ2) is 7.18. The van der Waals surface area contributed by atoms with Gasteiger partial charge in [0.05, 0.1) is 5.88 Å². The third kappa shape index (κ3) is 3.83. The van der Waals surface area contributed by atoms with Gasteiger partial charge in [-0.2, -0.15) is 0 Å². The number of hydrogen-bond donors (Lipinski definition) is 1. The van der Waals surface area contributed by atoms with Crippen molar-refractivity contribution in [1.82, 2.24) is 10.2 Å². The number of hydrogen-bond acceptors (Lipinski definition) is 3. The maximum atomic E-state index is 12.7. The van der Waals surface area contributed by atoms with E-state index in [0.717, 1.165) is 5.56 Å². The smallest absolute Gasteiger partial charge is 0.255 e. The van der Waals surface area contributed by atoms with Gasteiger partial charge in [0.2, 0.25) is 5.91 Å². The van der Waals surface area contributed by atoms with E-state index in [9.17, 15) is 9.59 Å². The summed E-state index contributed by atoms with van der Waals surface area (Å²) in [5.74, 6) is 1.54. The van der Waals surface area contributed by atoms with Crippen molar-refractivity contribution in [2.75, 3.05) is 18.2 Å². The number of carbonyl (C=O) groups is 2. The molecule has 4 nitrogen and oxygen atoms in total. The minimum absolute atomic E-state index is 0.0455. The molecular weight excluding hydrogens is 296 g/mol. The van der Waals surface area contributed by atoms with Crippen molar-refractivity contribution in [1.29, 1.82) is 0 Å².